The second-order valence-electron chi connectivity index (χ2n) is 4.17. The molecule has 0 spiro atoms. The lowest BCUT2D eigenvalue weighted by atomic mass is 9.80. The molecule has 2 bridgehead atoms. The highest BCUT2D eigenvalue weighted by molar-refractivity contribution is 5.75. The molecule has 3 aliphatic heterocycles. The molecule has 3 fully saturated rings. The number of carbonyl (C=O) groups is 1. The number of epoxide rings is 1. The molecular formula is C9H12O4. The van der Waals surface area contributed by atoms with Crippen molar-refractivity contribution in [3.8, 4) is 0 Å². The van der Waals surface area contributed by atoms with Crippen LogP contribution in [0.1, 0.15) is 13.3 Å². The molecule has 5 atom stereocenters. The number of ether oxygens (including phenoxy) is 3. The molecule has 3 heterocycles. The van der Waals surface area contributed by atoms with E-state index in [1.54, 1.807) is 0 Å². The van der Waals surface area contributed by atoms with Crippen LogP contribution in [0.2, 0.25) is 0 Å². The van der Waals surface area contributed by atoms with Crippen molar-refractivity contribution in [3.05, 3.63) is 0 Å². The van der Waals surface area contributed by atoms with Crippen LogP contribution in [0.15, 0.2) is 0 Å². The Kier molecular flexibility index (Phi) is 1.23. The van der Waals surface area contributed by atoms with Crippen LogP contribution in [-0.2, 0) is 19.0 Å². The van der Waals surface area contributed by atoms with Gasteiger partial charge in [-0.1, -0.05) is 0 Å². The van der Waals surface area contributed by atoms with E-state index in [-0.39, 0.29) is 30.2 Å². The van der Waals surface area contributed by atoms with E-state index in [0.29, 0.717) is 0 Å². The summed E-state index contributed by atoms with van der Waals surface area (Å²) in [6.07, 6.45) is 1.27. The summed E-state index contributed by atoms with van der Waals surface area (Å²) in [5.41, 5.74) is -0.414. The monoisotopic (exact) mass is 184 g/mol. The van der Waals surface area contributed by atoms with Crippen LogP contribution in [-0.4, -0.2) is 37.0 Å². The number of fused-ring (bicyclic) bond motifs is 5. The van der Waals surface area contributed by atoms with Gasteiger partial charge in [0.1, 0.15) is 17.8 Å². The maximum atomic E-state index is 11.4. The summed E-state index contributed by atoms with van der Waals surface area (Å²) in [6.45, 7) is 1.95. The van der Waals surface area contributed by atoms with Gasteiger partial charge in [0.15, 0.2) is 0 Å². The molecule has 3 saturated heterocycles. The molecule has 13 heavy (non-hydrogen) atoms. The molecule has 0 amide bonds. The Bertz CT molecular complexity index is 275. The minimum atomic E-state index is -0.414. The maximum absolute atomic E-state index is 11.4. The van der Waals surface area contributed by atoms with E-state index in [1.165, 1.54) is 7.11 Å². The highest BCUT2D eigenvalue weighted by atomic mass is 16.7. The van der Waals surface area contributed by atoms with E-state index in [0.717, 1.165) is 6.42 Å². The smallest absolute Gasteiger partial charge is 0.311 e. The maximum Gasteiger partial charge on any atom is 0.311 e. The van der Waals surface area contributed by atoms with Crippen molar-refractivity contribution < 1.29 is 19.0 Å². The minimum absolute atomic E-state index is 0.124. The highest BCUT2D eigenvalue weighted by Gasteiger charge is 2.73. The summed E-state index contributed by atoms with van der Waals surface area (Å²) in [4.78, 5) is 11.4. The lowest BCUT2D eigenvalue weighted by molar-refractivity contribution is -0.152. The summed E-state index contributed by atoms with van der Waals surface area (Å²) in [6, 6.07) is 0. The second-order valence-corrected chi connectivity index (χ2v) is 4.17. The molecule has 0 aromatic rings. The van der Waals surface area contributed by atoms with Crippen molar-refractivity contribution in [2.24, 2.45) is 5.92 Å². The van der Waals surface area contributed by atoms with E-state index < -0.39 is 5.60 Å². The molecule has 4 heteroatoms. The van der Waals surface area contributed by atoms with Gasteiger partial charge in [-0.25, -0.2) is 0 Å². The van der Waals surface area contributed by atoms with Gasteiger partial charge in [-0.15, -0.1) is 0 Å². The summed E-state index contributed by atoms with van der Waals surface area (Å²) >= 11 is 0. The lowest BCUT2D eigenvalue weighted by Crippen LogP contribution is -2.42. The van der Waals surface area contributed by atoms with Gasteiger partial charge in [0.2, 0.25) is 0 Å². The van der Waals surface area contributed by atoms with Gasteiger partial charge < -0.3 is 14.2 Å². The Morgan fingerprint density at radius 3 is 2.92 bits per heavy atom. The van der Waals surface area contributed by atoms with E-state index in [2.05, 4.69) is 0 Å². The van der Waals surface area contributed by atoms with Gasteiger partial charge in [-0.05, 0) is 13.3 Å². The molecule has 0 aromatic carbocycles. The van der Waals surface area contributed by atoms with E-state index in [9.17, 15) is 4.79 Å². The lowest BCUT2D eigenvalue weighted by Gasteiger charge is -2.25. The summed E-state index contributed by atoms with van der Waals surface area (Å²) in [5, 5.41) is 0. The zero-order valence-electron chi connectivity index (χ0n) is 7.65. The van der Waals surface area contributed by atoms with Crippen molar-refractivity contribution in [2.75, 3.05) is 7.11 Å². The van der Waals surface area contributed by atoms with Crippen LogP contribution in [0.3, 0.4) is 0 Å². The van der Waals surface area contributed by atoms with Gasteiger partial charge in [-0.2, -0.15) is 0 Å². The second kappa shape index (κ2) is 2.07. The molecule has 0 N–H and O–H groups in total. The molecule has 0 aromatic heterocycles. The fraction of sp³-hybridized carbons (Fsp3) is 0.889. The Balaban J connectivity index is 1.89. The molecule has 0 aliphatic carbocycles. The van der Waals surface area contributed by atoms with Crippen molar-refractivity contribution in [1.29, 1.82) is 0 Å². The van der Waals surface area contributed by atoms with Crippen LogP contribution in [0.25, 0.3) is 0 Å². The van der Waals surface area contributed by atoms with Crippen molar-refractivity contribution in [2.45, 2.75) is 37.3 Å². The number of hydrogen-bond acceptors (Lipinski definition) is 4. The predicted molar refractivity (Wildman–Crippen MR) is 42.1 cm³/mol. The zero-order chi connectivity index (χ0) is 9.22. The molecular weight excluding hydrogens is 172 g/mol. The summed E-state index contributed by atoms with van der Waals surface area (Å²) < 4.78 is 15.9. The first kappa shape index (κ1) is 7.76. The highest BCUT2D eigenvalue weighted by Crippen LogP contribution is 2.57. The SMILES string of the molecule is COC(=O)C1CC2OC1(C)C1OC21. The molecule has 4 nitrogen and oxygen atoms in total. The summed E-state index contributed by atoms with van der Waals surface area (Å²) in [7, 11) is 1.42. The van der Waals surface area contributed by atoms with Gasteiger partial charge in [0, 0.05) is 0 Å². The Morgan fingerprint density at radius 2 is 2.38 bits per heavy atom. The van der Waals surface area contributed by atoms with Gasteiger partial charge >= 0.3 is 5.97 Å². The molecule has 3 aliphatic rings. The normalized spacial score (nSPS) is 56.2. The first-order valence-electron chi connectivity index (χ1n) is 4.58. The fourth-order valence-corrected chi connectivity index (χ4v) is 2.73. The largest absolute Gasteiger partial charge is 0.469 e. The number of methoxy groups -OCH3 is 1. The Labute approximate surface area is 76.1 Å². The fourth-order valence-electron chi connectivity index (χ4n) is 2.73. The Morgan fingerprint density at radius 1 is 1.62 bits per heavy atom. The van der Waals surface area contributed by atoms with Gasteiger partial charge in [-0.3, -0.25) is 4.79 Å². The third-order valence-electron chi connectivity index (χ3n) is 3.51. The molecule has 5 unspecified atom stereocenters. The quantitative estimate of drug-likeness (QED) is 0.428. The third-order valence-corrected chi connectivity index (χ3v) is 3.51. The van der Waals surface area contributed by atoms with Crippen LogP contribution < -0.4 is 0 Å². The van der Waals surface area contributed by atoms with Gasteiger partial charge in [0.25, 0.3) is 0 Å². The van der Waals surface area contributed by atoms with Crippen LogP contribution >= 0.6 is 0 Å². The van der Waals surface area contributed by atoms with E-state index in [4.69, 9.17) is 14.2 Å². The van der Waals surface area contributed by atoms with E-state index >= 15 is 0 Å². The van der Waals surface area contributed by atoms with Crippen LogP contribution in [0.4, 0.5) is 0 Å². The standard InChI is InChI=1S/C9H12O4/c1-9-4(8(10)11-2)3-5(13-9)6-7(9)12-6/h4-7H,3H2,1-2H3. The first-order valence-corrected chi connectivity index (χ1v) is 4.58. The van der Waals surface area contributed by atoms with E-state index in [1.807, 2.05) is 6.92 Å². The topological polar surface area (TPSA) is 48.1 Å². The van der Waals surface area contributed by atoms with Crippen LogP contribution in [0, 0.1) is 5.92 Å². The molecule has 3 rings (SSSR count). The van der Waals surface area contributed by atoms with Crippen LogP contribution in [0.5, 0.6) is 0 Å². The average Bonchev–Trinajstić information content (AvgIpc) is 2.80. The Hall–Kier alpha value is -0.610. The predicted octanol–water partition coefficient (Wildman–Crippen LogP) is 0.104. The number of hydrogen-bond donors (Lipinski definition) is 0. The molecule has 0 radical (unpaired) electrons. The van der Waals surface area contributed by atoms with Crippen molar-refractivity contribution in [1.82, 2.24) is 0 Å². The third kappa shape index (κ3) is 0.758. The average molecular weight is 184 g/mol. The van der Waals surface area contributed by atoms with Crippen molar-refractivity contribution in [3.63, 3.8) is 0 Å². The summed E-state index contributed by atoms with van der Waals surface area (Å²) in [5.74, 6) is -0.301. The minimum Gasteiger partial charge on any atom is -0.469 e. The first-order chi connectivity index (χ1) is 6.16. The molecule has 0 saturated carbocycles. The van der Waals surface area contributed by atoms with Gasteiger partial charge in [0.05, 0.1) is 19.1 Å². The number of carbonyl (C=O) groups excluding carboxylic acids is 1. The number of esters is 1. The zero-order valence-corrected chi connectivity index (χ0v) is 7.65. The van der Waals surface area contributed by atoms with Crippen molar-refractivity contribution >= 4 is 5.97 Å². The molecule has 72 valence electrons. The number of rotatable bonds is 1.